The fraction of sp³-hybridized carbons (Fsp3) is 0.409. The highest BCUT2D eigenvalue weighted by molar-refractivity contribution is 7.92. The molecule has 6 nitrogen and oxygen atoms in total. The van der Waals surface area contributed by atoms with Gasteiger partial charge in [0.15, 0.2) is 0 Å². The van der Waals surface area contributed by atoms with Crippen LogP contribution in [0, 0.1) is 6.92 Å². The SMILES string of the molecule is CC[C@@H](C(=O)NCCCc1ccc(OC)cc1)N(c1cccc(C)c1)S(C)(=O)=O. The second kappa shape index (κ2) is 10.3. The number of ether oxygens (including phenoxy) is 1. The van der Waals surface area contributed by atoms with E-state index < -0.39 is 16.1 Å². The molecule has 0 aliphatic rings. The van der Waals surface area contributed by atoms with Crippen LogP contribution in [0.15, 0.2) is 48.5 Å². The van der Waals surface area contributed by atoms with Crippen LogP contribution in [0.4, 0.5) is 5.69 Å². The molecule has 0 saturated carbocycles. The van der Waals surface area contributed by atoms with E-state index in [2.05, 4.69) is 5.32 Å². The summed E-state index contributed by atoms with van der Waals surface area (Å²) in [7, 11) is -1.98. The van der Waals surface area contributed by atoms with E-state index >= 15 is 0 Å². The first-order chi connectivity index (χ1) is 13.8. The van der Waals surface area contributed by atoms with Crippen molar-refractivity contribution in [2.24, 2.45) is 0 Å². The van der Waals surface area contributed by atoms with Gasteiger partial charge in [0.25, 0.3) is 0 Å². The molecular weight excluding hydrogens is 388 g/mol. The lowest BCUT2D eigenvalue weighted by Gasteiger charge is -2.30. The number of amides is 1. The van der Waals surface area contributed by atoms with E-state index in [1.54, 1.807) is 25.3 Å². The Hall–Kier alpha value is -2.54. The van der Waals surface area contributed by atoms with Gasteiger partial charge in [-0.05, 0) is 61.6 Å². The molecule has 0 aromatic heterocycles. The van der Waals surface area contributed by atoms with Crippen LogP contribution in [-0.4, -0.2) is 40.3 Å². The lowest BCUT2D eigenvalue weighted by atomic mass is 10.1. The van der Waals surface area contributed by atoms with Gasteiger partial charge in [0.2, 0.25) is 15.9 Å². The molecule has 0 aliphatic heterocycles. The molecule has 0 heterocycles. The Kier molecular flexibility index (Phi) is 8.08. The fourth-order valence-corrected chi connectivity index (χ4v) is 4.44. The van der Waals surface area contributed by atoms with Crippen molar-refractivity contribution in [2.45, 2.75) is 39.2 Å². The lowest BCUT2D eigenvalue weighted by Crippen LogP contribution is -2.49. The summed E-state index contributed by atoms with van der Waals surface area (Å²) < 4.78 is 31.3. The molecule has 2 aromatic rings. The van der Waals surface area contributed by atoms with Crippen LogP contribution in [0.25, 0.3) is 0 Å². The Bertz CT molecular complexity index is 911. The van der Waals surface area contributed by atoms with Crippen molar-refractivity contribution in [1.82, 2.24) is 5.32 Å². The maximum absolute atomic E-state index is 12.8. The average Bonchev–Trinajstić information content (AvgIpc) is 2.68. The second-order valence-corrected chi connectivity index (χ2v) is 8.92. The van der Waals surface area contributed by atoms with Crippen molar-refractivity contribution in [2.75, 3.05) is 24.2 Å². The van der Waals surface area contributed by atoms with E-state index in [9.17, 15) is 13.2 Å². The zero-order chi connectivity index (χ0) is 21.4. The van der Waals surface area contributed by atoms with Gasteiger partial charge in [0.05, 0.1) is 19.1 Å². The lowest BCUT2D eigenvalue weighted by molar-refractivity contribution is -0.122. The van der Waals surface area contributed by atoms with E-state index in [1.165, 1.54) is 4.31 Å². The van der Waals surface area contributed by atoms with Gasteiger partial charge < -0.3 is 10.1 Å². The van der Waals surface area contributed by atoms with Crippen LogP contribution in [-0.2, 0) is 21.2 Å². The third kappa shape index (κ3) is 6.49. The molecule has 0 aliphatic carbocycles. The number of rotatable bonds is 10. The number of benzene rings is 2. The van der Waals surface area contributed by atoms with E-state index in [0.717, 1.165) is 36.0 Å². The smallest absolute Gasteiger partial charge is 0.243 e. The van der Waals surface area contributed by atoms with Gasteiger partial charge in [-0.25, -0.2) is 8.42 Å². The van der Waals surface area contributed by atoms with Crippen molar-refractivity contribution in [3.63, 3.8) is 0 Å². The van der Waals surface area contributed by atoms with Gasteiger partial charge in [0, 0.05) is 6.54 Å². The van der Waals surface area contributed by atoms with E-state index in [4.69, 9.17) is 4.74 Å². The predicted octanol–water partition coefficient (Wildman–Crippen LogP) is 3.30. The Morgan fingerprint density at radius 2 is 1.86 bits per heavy atom. The minimum absolute atomic E-state index is 0.283. The summed E-state index contributed by atoms with van der Waals surface area (Å²) in [6.45, 7) is 4.19. The van der Waals surface area contributed by atoms with Gasteiger partial charge in [-0.3, -0.25) is 9.10 Å². The molecule has 1 atom stereocenters. The number of methoxy groups -OCH3 is 1. The summed E-state index contributed by atoms with van der Waals surface area (Å²) >= 11 is 0. The standard InChI is InChI=1S/C22H30N2O4S/c1-5-21(24(29(4,26)27)19-10-6-8-17(2)16-19)22(25)23-15-7-9-18-11-13-20(28-3)14-12-18/h6,8,10-14,16,21H,5,7,9,15H2,1-4H3,(H,23,25)/t21-/m0/s1. The number of carbonyl (C=O) groups is 1. The summed E-state index contributed by atoms with van der Waals surface area (Å²) in [5.74, 6) is 0.527. The van der Waals surface area contributed by atoms with Crippen LogP contribution in [0.2, 0.25) is 0 Å². The molecule has 0 unspecified atom stereocenters. The fourth-order valence-electron chi connectivity index (χ4n) is 3.24. The minimum atomic E-state index is -3.61. The minimum Gasteiger partial charge on any atom is -0.497 e. The zero-order valence-electron chi connectivity index (χ0n) is 17.5. The Labute approximate surface area is 173 Å². The van der Waals surface area contributed by atoms with E-state index in [1.807, 2.05) is 44.2 Å². The highest BCUT2D eigenvalue weighted by atomic mass is 32.2. The Morgan fingerprint density at radius 1 is 1.17 bits per heavy atom. The largest absolute Gasteiger partial charge is 0.497 e. The number of anilines is 1. The number of hydrogen-bond donors (Lipinski definition) is 1. The molecule has 1 amide bonds. The normalized spacial score (nSPS) is 12.3. The van der Waals surface area contributed by atoms with Crippen molar-refractivity contribution in [3.8, 4) is 5.75 Å². The number of carbonyl (C=O) groups excluding carboxylic acids is 1. The van der Waals surface area contributed by atoms with Crippen molar-refractivity contribution >= 4 is 21.6 Å². The number of nitrogens with zero attached hydrogens (tertiary/aromatic N) is 1. The van der Waals surface area contributed by atoms with Crippen LogP contribution >= 0.6 is 0 Å². The summed E-state index contributed by atoms with van der Waals surface area (Å²) in [4.78, 5) is 12.8. The molecule has 0 spiro atoms. The molecule has 158 valence electrons. The van der Waals surface area contributed by atoms with Gasteiger partial charge in [0.1, 0.15) is 11.8 Å². The third-order valence-electron chi connectivity index (χ3n) is 4.69. The van der Waals surface area contributed by atoms with Gasteiger partial charge in [-0.2, -0.15) is 0 Å². The van der Waals surface area contributed by atoms with Crippen LogP contribution in [0.5, 0.6) is 5.75 Å². The Balaban J connectivity index is 2.01. The molecule has 29 heavy (non-hydrogen) atoms. The average molecular weight is 419 g/mol. The van der Waals surface area contributed by atoms with Gasteiger partial charge in [-0.15, -0.1) is 0 Å². The summed E-state index contributed by atoms with van der Waals surface area (Å²) in [6, 6.07) is 14.2. The highest BCUT2D eigenvalue weighted by Gasteiger charge is 2.31. The van der Waals surface area contributed by atoms with Gasteiger partial charge >= 0.3 is 0 Å². The molecule has 0 fully saturated rings. The number of nitrogens with one attached hydrogen (secondary N) is 1. The van der Waals surface area contributed by atoms with Crippen molar-refractivity contribution < 1.29 is 17.9 Å². The maximum Gasteiger partial charge on any atom is 0.243 e. The topological polar surface area (TPSA) is 75.7 Å². The molecular formula is C22H30N2O4S. The van der Waals surface area contributed by atoms with Crippen molar-refractivity contribution in [3.05, 3.63) is 59.7 Å². The molecule has 1 N–H and O–H groups in total. The summed E-state index contributed by atoms with van der Waals surface area (Å²) in [6.07, 6.45) is 3.09. The quantitative estimate of drug-likeness (QED) is 0.601. The first-order valence-electron chi connectivity index (χ1n) is 9.73. The molecule has 0 bridgehead atoms. The molecule has 2 rings (SSSR count). The first kappa shape index (κ1) is 22.7. The predicted molar refractivity (Wildman–Crippen MR) is 117 cm³/mol. The second-order valence-electron chi connectivity index (χ2n) is 7.06. The van der Waals surface area contributed by atoms with E-state index in [-0.39, 0.29) is 5.91 Å². The first-order valence-corrected chi connectivity index (χ1v) is 11.6. The van der Waals surface area contributed by atoms with E-state index in [0.29, 0.717) is 18.7 Å². The summed E-state index contributed by atoms with van der Waals surface area (Å²) in [5.41, 5.74) is 2.60. The monoisotopic (exact) mass is 418 g/mol. The van der Waals surface area contributed by atoms with Crippen molar-refractivity contribution in [1.29, 1.82) is 0 Å². The molecule has 2 aromatic carbocycles. The molecule has 0 radical (unpaired) electrons. The summed E-state index contributed by atoms with van der Waals surface area (Å²) in [5, 5.41) is 2.89. The van der Waals surface area contributed by atoms with Gasteiger partial charge in [-0.1, -0.05) is 31.2 Å². The van der Waals surface area contributed by atoms with Crippen LogP contribution in [0.1, 0.15) is 30.9 Å². The zero-order valence-corrected chi connectivity index (χ0v) is 18.3. The number of aryl methyl sites for hydroxylation is 2. The Morgan fingerprint density at radius 3 is 2.41 bits per heavy atom. The third-order valence-corrected chi connectivity index (χ3v) is 5.87. The van der Waals surface area contributed by atoms with Crippen LogP contribution in [0.3, 0.4) is 0 Å². The number of hydrogen-bond acceptors (Lipinski definition) is 4. The number of sulfonamides is 1. The molecule has 7 heteroatoms. The molecule has 0 saturated heterocycles. The van der Waals surface area contributed by atoms with Crippen LogP contribution < -0.4 is 14.4 Å². The highest BCUT2D eigenvalue weighted by Crippen LogP contribution is 2.23. The maximum atomic E-state index is 12.8.